The van der Waals surface area contributed by atoms with E-state index in [1.807, 2.05) is 6.07 Å². The number of nitriles is 1. The van der Waals surface area contributed by atoms with Crippen LogP contribution in [0, 0.1) is 11.3 Å². The fourth-order valence-corrected chi connectivity index (χ4v) is 2.41. The van der Waals surface area contributed by atoms with E-state index < -0.39 is 0 Å². The molecule has 2 rings (SSSR count). The van der Waals surface area contributed by atoms with Crippen LogP contribution < -0.4 is 5.32 Å². The highest BCUT2D eigenvalue weighted by molar-refractivity contribution is 9.10. The largest absolute Gasteiger partial charge is 0.353 e. The van der Waals surface area contributed by atoms with Crippen LogP contribution in [0.2, 0.25) is 10.0 Å². The van der Waals surface area contributed by atoms with E-state index in [9.17, 15) is 0 Å². The molecule has 0 saturated carbocycles. The van der Waals surface area contributed by atoms with Gasteiger partial charge < -0.3 is 5.32 Å². The molecule has 2 aromatic rings. The summed E-state index contributed by atoms with van der Waals surface area (Å²) < 4.78 is 0.818. The van der Waals surface area contributed by atoms with Crippen molar-refractivity contribution in [2.75, 3.05) is 5.32 Å². The first kappa shape index (κ1) is 13.2. The van der Waals surface area contributed by atoms with Crippen LogP contribution in [-0.2, 0) is 0 Å². The highest BCUT2D eigenvalue weighted by Gasteiger charge is 2.06. The molecular formula is C13H7BrCl2N2. The van der Waals surface area contributed by atoms with Crippen LogP contribution in [0.25, 0.3) is 0 Å². The lowest BCUT2D eigenvalue weighted by molar-refractivity contribution is 1.45. The SMILES string of the molecule is N#Cc1ccc(Cl)cc1Nc1ccc(Cl)cc1Br. The Hall–Kier alpha value is -1.21. The lowest BCUT2D eigenvalue weighted by Crippen LogP contribution is -1.94. The number of nitrogens with one attached hydrogen (secondary N) is 1. The van der Waals surface area contributed by atoms with Crippen molar-refractivity contribution in [1.29, 1.82) is 5.26 Å². The molecular weight excluding hydrogens is 335 g/mol. The first-order chi connectivity index (χ1) is 8.60. The van der Waals surface area contributed by atoms with E-state index in [1.165, 1.54) is 0 Å². The van der Waals surface area contributed by atoms with E-state index >= 15 is 0 Å². The number of hydrogen-bond acceptors (Lipinski definition) is 2. The minimum atomic E-state index is 0.529. The Morgan fingerprint density at radius 1 is 1.00 bits per heavy atom. The van der Waals surface area contributed by atoms with Gasteiger partial charge in [0.1, 0.15) is 6.07 Å². The zero-order valence-corrected chi connectivity index (χ0v) is 12.1. The summed E-state index contributed by atoms with van der Waals surface area (Å²) in [5.41, 5.74) is 2.01. The van der Waals surface area contributed by atoms with Crippen molar-refractivity contribution in [3.8, 4) is 6.07 Å². The van der Waals surface area contributed by atoms with Crippen molar-refractivity contribution in [3.63, 3.8) is 0 Å². The molecule has 0 heterocycles. The van der Waals surface area contributed by atoms with Crippen molar-refractivity contribution in [3.05, 3.63) is 56.5 Å². The van der Waals surface area contributed by atoms with Crippen LogP contribution >= 0.6 is 39.1 Å². The van der Waals surface area contributed by atoms with E-state index in [0.717, 1.165) is 10.2 Å². The Morgan fingerprint density at radius 2 is 1.67 bits per heavy atom. The number of benzene rings is 2. The average molecular weight is 342 g/mol. The smallest absolute Gasteiger partial charge is 0.101 e. The molecule has 0 spiro atoms. The summed E-state index contributed by atoms with van der Waals surface area (Å²) in [6.07, 6.45) is 0. The Balaban J connectivity index is 2.40. The predicted molar refractivity (Wildman–Crippen MR) is 78.6 cm³/mol. The summed E-state index contributed by atoms with van der Waals surface area (Å²) in [6.45, 7) is 0. The molecule has 0 bridgehead atoms. The normalized spacial score (nSPS) is 9.89. The zero-order valence-electron chi connectivity index (χ0n) is 9.05. The van der Waals surface area contributed by atoms with E-state index in [4.69, 9.17) is 28.5 Å². The third-order valence-electron chi connectivity index (χ3n) is 2.30. The first-order valence-corrected chi connectivity index (χ1v) is 6.57. The van der Waals surface area contributed by atoms with Crippen LogP contribution in [0.15, 0.2) is 40.9 Å². The molecule has 0 aliphatic heterocycles. The van der Waals surface area contributed by atoms with E-state index in [-0.39, 0.29) is 0 Å². The van der Waals surface area contributed by atoms with Crippen LogP contribution in [0.4, 0.5) is 11.4 Å². The molecule has 0 amide bonds. The second-order valence-corrected chi connectivity index (χ2v) is 5.28. The van der Waals surface area contributed by atoms with Crippen molar-refractivity contribution < 1.29 is 0 Å². The number of hydrogen-bond donors (Lipinski definition) is 1. The first-order valence-electron chi connectivity index (χ1n) is 5.02. The monoisotopic (exact) mass is 340 g/mol. The maximum Gasteiger partial charge on any atom is 0.101 e. The lowest BCUT2D eigenvalue weighted by atomic mass is 10.2. The minimum absolute atomic E-state index is 0.529. The zero-order chi connectivity index (χ0) is 13.1. The van der Waals surface area contributed by atoms with Gasteiger partial charge in [0.2, 0.25) is 0 Å². The summed E-state index contributed by atoms with van der Waals surface area (Å²) >= 11 is 15.2. The van der Waals surface area contributed by atoms with Crippen LogP contribution in [0.1, 0.15) is 5.56 Å². The van der Waals surface area contributed by atoms with Gasteiger partial charge in [-0.3, -0.25) is 0 Å². The van der Waals surface area contributed by atoms with Crippen LogP contribution in [0.3, 0.4) is 0 Å². The van der Waals surface area contributed by atoms with Gasteiger partial charge >= 0.3 is 0 Å². The topological polar surface area (TPSA) is 35.8 Å². The second-order valence-electron chi connectivity index (χ2n) is 3.55. The molecule has 0 radical (unpaired) electrons. The fourth-order valence-electron chi connectivity index (χ4n) is 1.45. The quantitative estimate of drug-likeness (QED) is 0.796. The van der Waals surface area contributed by atoms with Gasteiger partial charge in [-0.25, -0.2) is 0 Å². The molecule has 0 aliphatic carbocycles. The van der Waals surface area contributed by atoms with Gasteiger partial charge in [0.15, 0.2) is 0 Å². The number of nitrogens with zero attached hydrogens (tertiary/aromatic N) is 1. The summed E-state index contributed by atoms with van der Waals surface area (Å²) in [4.78, 5) is 0. The molecule has 0 fully saturated rings. The van der Waals surface area contributed by atoms with Gasteiger partial charge in [-0.2, -0.15) is 5.26 Å². The van der Waals surface area contributed by atoms with Gasteiger partial charge in [-0.05, 0) is 52.3 Å². The molecule has 0 aliphatic rings. The van der Waals surface area contributed by atoms with Crippen LogP contribution in [0.5, 0.6) is 0 Å². The second kappa shape index (κ2) is 5.62. The van der Waals surface area contributed by atoms with Gasteiger partial charge in [-0.15, -0.1) is 0 Å². The standard InChI is InChI=1S/C13H7BrCl2N2/c14-11-5-9(15)3-4-12(11)18-13-6-10(16)2-1-8(13)7-17/h1-6,18H. The Kier molecular flexibility index (Phi) is 4.13. The van der Waals surface area contributed by atoms with Gasteiger partial charge in [-0.1, -0.05) is 23.2 Å². The highest BCUT2D eigenvalue weighted by Crippen LogP contribution is 2.30. The number of rotatable bonds is 2. The lowest BCUT2D eigenvalue weighted by Gasteiger charge is -2.10. The van der Waals surface area contributed by atoms with Crippen molar-refractivity contribution >= 4 is 50.5 Å². The molecule has 0 saturated heterocycles. The molecule has 1 N–H and O–H groups in total. The Morgan fingerprint density at radius 3 is 2.33 bits per heavy atom. The molecule has 90 valence electrons. The molecule has 5 heteroatoms. The highest BCUT2D eigenvalue weighted by atomic mass is 79.9. The Labute approximate surface area is 123 Å². The van der Waals surface area contributed by atoms with Gasteiger partial charge in [0.25, 0.3) is 0 Å². The molecule has 0 unspecified atom stereocenters. The third kappa shape index (κ3) is 2.97. The average Bonchev–Trinajstić information content (AvgIpc) is 2.33. The molecule has 2 aromatic carbocycles. The Bertz CT molecular complexity index is 635. The van der Waals surface area contributed by atoms with Crippen molar-refractivity contribution in [2.45, 2.75) is 0 Å². The van der Waals surface area contributed by atoms with E-state index in [0.29, 0.717) is 21.3 Å². The predicted octanol–water partition coefficient (Wildman–Crippen LogP) is 5.37. The van der Waals surface area contributed by atoms with Gasteiger partial charge in [0.05, 0.1) is 16.9 Å². The van der Waals surface area contributed by atoms with Crippen molar-refractivity contribution in [1.82, 2.24) is 0 Å². The maximum atomic E-state index is 9.03. The van der Waals surface area contributed by atoms with Gasteiger partial charge in [0, 0.05) is 14.5 Å². The van der Waals surface area contributed by atoms with E-state index in [2.05, 4.69) is 27.3 Å². The fraction of sp³-hybridized carbons (Fsp3) is 0. The minimum Gasteiger partial charge on any atom is -0.353 e. The third-order valence-corrected chi connectivity index (χ3v) is 3.43. The number of anilines is 2. The number of halogens is 3. The molecule has 2 nitrogen and oxygen atoms in total. The molecule has 0 aromatic heterocycles. The summed E-state index contributed by atoms with van der Waals surface area (Å²) in [5.74, 6) is 0. The van der Waals surface area contributed by atoms with Crippen molar-refractivity contribution in [2.24, 2.45) is 0 Å². The summed E-state index contributed by atoms with van der Waals surface area (Å²) in [6, 6.07) is 12.6. The maximum absolute atomic E-state index is 9.03. The van der Waals surface area contributed by atoms with Crippen LogP contribution in [-0.4, -0.2) is 0 Å². The molecule has 18 heavy (non-hydrogen) atoms. The molecule has 0 atom stereocenters. The summed E-state index contributed by atoms with van der Waals surface area (Å²) in [5, 5.41) is 13.4. The van der Waals surface area contributed by atoms with E-state index in [1.54, 1.807) is 30.3 Å². The summed E-state index contributed by atoms with van der Waals surface area (Å²) in [7, 11) is 0.